The zero-order valence-electron chi connectivity index (χ0n) is 22.6. The third-order valence-corrected chi connectivity index (χ3v) is 9.79. The van der Waals surface area contributed by atoms with E-state index in [0.29, 0.717) is 23.9 Å². The molecule has 0 bridgehead atoms. The van der Waals surface area contributed by atoms with Crippen LogP contribution in [0.1, 0.15) is 29.5 Å². The smallest absolute Gasteiger partial charge is 0.321 e. The molecule has 0 aromatic heterocycles. The number of benzene rings is 3. The summed E-state index contributed by atoms with van der Waals surface area (Å²) in [5, 5.41) is 7.32. The van der Waals surface area contributed by atoms with Crippen LogP contribution in [0.25, 0.3) is 0 Å². The number of amides is 1. The maximum Gasteiger partial charge on any atom is 0.321 e. The first-order valence-corrected chi connectivity index (χ1v) is 15.8. The van der Waals surface area contributed by atoms with Crippen molar-refractivity contribution in [1.82, 2.24) is 20.1 Å². The van der Waals surface area contributed by atoms with Crippen LogP contribution in [0.3, 0.4) is 0 Å². The van der Waals surface area contributed by atoms with Crippen LogP contribution in [0.2, 0.25) is 5.02 Å². The topological polar surface area (TPSA) is 96.5 Å². The lowest BCUT2D eigenvalue weighted by Crippen LogP contribution is -2.68. The first kappa shape index (κ1) is 28.7. The molecule has 2 heterocycles. The Bertz CT molecular complexity index is 1430. The summed E-state index contributed by atoms with van der Waals surface area (Å²) in [6.45, 7) is 2.63. The Morgan fingerprint density at radius 1 is 1.00 bits per heavy atom. The molecule has 3 aromatic rings. The number of carbonyl (C=O) groups excluding carboxylic acids is 1. The lowest BCUT2D eigenvalue weighted by atomic mass is 9.75. The van der Waals surface area contributed by atoms with E-state index in [4.69, 9.17) is 16.3 Å². The van der Waals surface area contributed by atoms with Crippen LogP contribution in [0, 0.1) is 0 Å². The zero-order chi connectivity index (χ0) is 28.2. The quantitative estimate of drug-likeness (QED) is 0.315. The maximum absolute atomic E-state index is 14.0. The molecule has 0 aliphatic carbocycles. The van der Waals surface area contributed by atoms with Gasteiger partial charge < -0.3 is 10.1 Å². The normalized spacial score (nSPS) is 20.6. The molecule has 1 spiro atoms. The average Bonchev–Trinajstić information content (AvgIpc) is 3.22. The van der Waals surface area contributed by atoms with Crippen molar-refractivity contribution in [1.29, 1.82) is 0 Å². The van der Waals surface area contributed by atoms with Gasteiger partial charge in [0.25, 0.3) is 5.91 Å². The fourth-order valence-electron chi connectivity index (χ4n) is 5.84. The van der Waals surface area contributed by atoms with Gasteiger partial charge in [0.1, 0.15) is 12.6 Å². The van der Waals surface area contributed by atoms with Crippen LogP contribution in [0.15, 0.2) is 78.9 Å². The number of quaternary nitrogens is 1. The SMILES string of the molecule is CS(=O)(=O)[N+]1(NC(=O)C(COCc2ccc(Cl)cc2)NCc2ccccc2)CC2(CCNCC2)c2ccccc21. The minimum Gasteiger partial charge on any atom is -0.375 e. The molecule has 2 aliphatic heterocycles. The molecule has 2 aliphatic rings. The van der Waals surface area contributed by atoms with Crippen molar-refractivity contribution < 1.29 is 17.9 Å². The molecule has 5 rings (SSSR count). The molecule has 10 heteroatoms. The Balaban J connectivity index is 1.41. The zero-order valence-corrected chi connectivity index (χ0v) is 24.2. The Morgan fingerprint density at radius 2 is 1.68 bits per heavy atom. The van der Waals surface area contributed by atoms with Gasteiger partial charge in [-0.25, -0.2) is 0 Å². The van der Waals surface area contributed by atoms with Crippen LogP contribution in [0.4, 0.5) is 5.69 Å². The van der Waals surface area contributed by atoms with Gasteiger partial charge in [0, 0.05) is 23.2 Å². The van der Waals surface area contributed by atoms with Crippen LogP contribution in [-0.2, 0) is 38.1 Å². The highest BCUT2D eigenvalue weighted by Crippen LogP contribution is 2.50. The molecule has 1 amide bonds. The predicted molar refractivity (Wildman–Crippen MR) is 158 cm³/mol. The standard InChI is InChI=1S/C30H35ClN4O4S/c1-40(37,38)35(22-30(15-17-32-18-16-30)26-9-5-6-10-28(26)35)34-29(36)27(33-19-23-7-3-2-4-8-23)21-39-20-24-11-13-25(31)14-12-24/h2-14,27,32-33H,15-22H2,1H3/p+1. The largest absolute Gasteiger partial charge is 0.375 e. The van der Waals surface area contributed by atoms with E-state index in [1.54, 1.807) is 12.1 Å². The fraction of sp³-hybridized carbons (Fsp3) is 0.367. The van der Waals surface area contributed by atoms with E-state index in [-0.39, 0.29) is 18.6 Å². The van der Waals surface area contributed by atoms with Gasteiger partial charge in [-0.3, -0.25) is 10.1 Å². The van der Waals surface area contributed by atoms with E-state index in [0.717, 1.165) is 42.6 Å². The molecule has 1 fully saturated rings. The number of rotatable bonds is 10. The number of ether oxygens (including phenoxy) is 1. The monoisotopic (exact) mass is 583 g/mol. The van der Waals surface area contributed by atoms with Crippen LogP contribution >= 0.6 is 11.6 Å². The Kier molecular flexibility index (Phi) is 8.61. The molecule has 0 radical (unpaired) electrons. The van der Waals surface area contributed by atoms with Crippen molar-refractivity contribution in [3.05, 3.63) is 101 Å². The van der Waals surface area contributed by atoms with Gasteiger partial charge in [-0.2, -0.15) is 13.8 Å². The molecule has 212 valence electrons. The number of hydrogen-bond acceptors (Lipinski definition) is 6. The summed E-state index contributed by atoms with van der Waals surface area (Å²) >= 11 is 6.00. The molecule has 1 saturated heterocycles. The number of hydrogen-bond donors (Lipinski definition) is 3. The first-order chi connectivity index (χ1) is 19.2. The number of sulfonamides is 1. The summed E-state index contributed by atoms with van der Waals surface area (Å²) in [4.78, 5) is 14.0. The van der Waals surface area contributed by atoms with Crippen molar-refractivity contribution in [3.63, 3.8) is 0 Å². The second kappa shape index (κ2) is 12.0. The summed E-state index contributed by atoms with van der Waals surface area (Å²) in [7, 11) is -3.81. The minimum absolute atomic E-state index is 0.0573. The van der Waals surface area contributed by atoms with Crippen molar-refractivity contribution in [2.24, 2.45) is 0 Å². The summed E-state index contributed by atoms with van der Waals surface area (Å²) in [6.07, 6.45) is 2.80. The van der Waals surface area contributed by atoms with Crippen LogP contribution in [0.5, 0.6) is 0 Å². The van der Waals surface area contributed by atoms with Gasteiger partial charge in [-0.1, -0.05) is 76.3 Å². The predicted octanol–water partition coefficient (Wildman–Crippen LogP) is 3.65. The van der Waals surface area contributed by atoms with E-state index < -0.39 is 26.0 Å². The van der Waals surface area contributed by atoms with Crippen molar-refractivity contribution in [2.45, 2.75) is 37.5 Å². The Morgan fingerprint density at radius 3 is 2.38 bits per heavy atom. The number of piperidine rings is 1. The van der Waals surface area contributed by atoms with Crippen molar-refractivity contribution >= 4 is 33.2 Å². The van der Waals surface area contributed by atoms with Gasteiger partial charge in [0.05, 0.1) is 24.9 Å². The highest BCUT2D eigenvalue weighted by molar-refractivity contribution is 7.90. The van der Waals surface area contributed by atoms with Gasteiger partial charge in [-0.15, -0.1) is 0 Å². The molecule has 8 nitrogen and oxygen atoms in total. The third kappa shape index (κ3) is 5.95. The summed E-state index contributed by atoms with van der Waals surface area (Å²) in [5.74, 6) is -0.432. The van der Waals surface area contributed by atoms with Crippen molar-refractivity contribution in [2.75, 3.05) is 32.5 Å². The second-order valence-corrected chi connectivity index (χ2v) is 13.2. The van der Waals surface area contributed by atoms with E-state index in [2.05, 4.69) is 16.1 Å². The lowest BCUT2D eigenvalue weighted by Gasteiger charge is -2.36. The molecule has 2 atom stereocenters. The van der Waals surface area contributed by atoms with Gasteiger partial charge in [0.15, 0.2) is 5.69 Å². The van der Waals surface area contributed by atoms with E-state index in [1.807, 2.05) is 66.7 Å². The third-order valence-electron chi connectivity index (χ3n) is 7.99. The van der Waals surface area contributed by atoms with E-state index in [1.165, 1.54) is 6.26 Å². The van der Waals surface area contributed by atoms with Crippen molar-refractivity contribution in [3.8, 4) is 0 Å². The molecule has 3 N–H and O–H groups in total. The minimum atomic E-state index is -3.81. The summed E-state index contributed by atoms with van der Waals surface area (Å²) in [5.41, 5.74) is 6.18. The molecule has 40 heavy (non-hydrogen) atoms. The first-order valence-electron chi connectivity index (χ1n) is 13.5. The number of halogens is 1. The second-order valence-electron chi connectivity index (χ2n) is 10.7. The average molecular weight is 584 g/mol. The van der Waals surface area contributed by atoms with Gasteiger partial charge >= 0.3 is 10.0 Å². The highest BCUT2D eigenvalue weighted by Gasteiger charge is 2.60. The van der Waals surface area contributed by atoms with E-state index >= 15 is 0 Å². The van der Waals surface area contributed by atoms with Crippen LogP contribution in [-0.4, -0.2) is 52.9 Å². The number of nitrogens with one attached hydrogen (secondary N) is 3. The number of carbonyl (C=O) groups is 1. The number of para-hydroxylation sites is 1. The molecular weight excluding hydrogens is 548 g/mol. The molecule has 0 saturated carbocycles. The lowest BCUT2D eigenvalue weighted by molar-refractivity contribution is -0.127. The maximum atomic E-state index is 14.0. The van der Waals surface area contributed by atoms with Crippen LogP contribution < -0.4 is 20.1 Å². The highest BCUT2D eigenvalue weighted by atomic mass is 35.5. The fourth-order valence-corrected chi connectivity index (χ4v) is 7.22. The Hall–Kier alpha value is -2.79. The number of fused-ring (bicyclic) bond motifs is 2. The summed E-state index contributed by atoms with van der Waals surface area (Å²) < 4.78 is 32.5. The van der Waals surface area contributed by atoms with E-state index in [9.17, 15) is 13.2 Å². The number of nitrogens with zero attached hydrogens (tertiary/aromatic N) is 1. The van der Waals surface area contributed by atoms with Gasteiger partial charge in [-0.05, 0) is 49.2 Å². The molecule has 3 aromatic carbocycles. The molecule has 2 unspecified atom stereocenters. The van der Waals surface area contributed by atoms with Gasteiger partial charge in [0.2, 0.25) is 0 Å². The summed E-state index contributed by atoms with van der Waals surface area (Å²) in [6, 6.07) is 23.9. The Labute approximate surface area is 241 Å². The molecular formula is C30H36ClN4O4S+.